The molecule has 0 spiro atoms. The Labute approximate surface area is 199 Å². The summed E-state index contributed by atoms with van der Waals surface area (Å²) in [6.45, 7) is 13.6. The van der Waals surface area contributed by atoms with E-state index < -0.39 is 0 Å². The number of benzene rings is 2. The molecule has 1 aliphatic rings. The van der Waals surface area contributed by atoms with Crippen LogP contribution in [-0.2, 0) is 13.1 Å². The summed E-state index contributed by atoms with van der Waals surface area (Å²) >= 11 is 0. The zero-order valence-electron chi connectivity index (χ0n) is 20.9. The van der Waals surface area contributed by atoms with Gasteiger partial charge in [-0.15, -0.1) is 0 Å². The molecule has 4 nitrogen and oxygen atoms in total. The summed E-state index contributed by atoms with van der Waals surface area (Å²) in [6, 6.07) is 17.2. The van der Waals surface area contributed by atoms with Crippen molar-refractivity contribution >= 4 is 28.5 Å². The van der Waals surface area contributed by atoms with E-state index in [1.54, 1.807) is 0 Å². The molecule has 4 rings (SSSR count). The zero-order chi connectivity index (χ0) is 23.6. The first kappa shape index (κ1) is 24.4. The van der Waals surface area contributed by atoms with Gasteiger partial charge in [0.25, 0.3) is 5.82 Å². The molecule has 0 atom stereocenters. The molecule has 0 aliphatic carbocycles. The molecule has 0 amide bonds. The van der Waals surface area contributed by atoms with E-state index in [-0.39, 0.29) is 0 Å². The number of nitrogens with one attached hydrogen (secondary N) is 1. The maximum absolute atomic E-state index is 3.52. The van der Waals surface area contributed by atoms with Gasteiger partial charge in [0, 0.05) is 12.6 Å². The largest absolute Gasteiger partial charge is 0.340 e. The quantitative estimate of drug-likeness (QED) is 0.295. The Morgan fingerprint density at radius 1 is 0.879 bits per heavy atom. The third kappa shape index (κ3) is 5.22. The van der Waals surface area contributed by atoms with Crippen molar-refractivity contribution in [1.29, 1.82) is 0 Å². The molecule has 1 N–H and O–H groups in total. The Bertz CT molecular complexity index is 1130. The molecule has 3 aromatic rings. The maximum atomic E-state index is 3.52. The molecule has 0 fully saturated rings. The lowest BCUT2D eigenvalue weighted by molar-refractivity contribution is -0.674. The third-order valence-corrected chi connectivity index (χ3v) is 5.85. The van der Waals surface area contributed by atoms with Crippen LogP contribution in [0.2, 0.25) is 0 Å². The number of allylic oxidation sites excluding steroid dienone is 4. The van der Waals surface area contributed by atoms with Gasteiger partial charge in [0.15, 0.2) is 11.0 Å². The number of nitrogens with zero attached hydrogens (tertiary/aromatic N) is 3. The third-order valence-electron chi connectivity index (χ3n) is 5.85. The van der Waals surface area contributed by atoms with E-state index >= 15 is 0 Å². The lowest BCUT2D eigenvalue weighted by atomic mass is 10.3. The summed E-state index contributed by atoms with van der Waals surface area (Å²) in [5, 5.41) is 3.52. The van der Waals surface area contributed by atoms with Crippen LogP contribution in [0.5, 0.6) is 0 Å². The first-order chi connectivity index (χ1) is 16.3. The van der Waals surface area contributed by atoms with Crippen molar-refractivity contribution in [3.63, 3.8) is 0 Å². The van der Waals surface area contributed by atoms with Crippen LogP contribution in [0, 0.1) is 0 Å². The molecule has 174 valence electrons. The number of imidazole rings is 1. The molecule has 2 aromatic carbocycles. The smallest absolute Gasteiger partial charge is 0.282 e. The lowest BCUT2D eigenvalue weighted by Gasteiger charge is -2.16. The highest BCUT2D eigenvalue weighted by molar-refractivity contribution is 5.80. The van der Waals surface area contributed by atoms with Crippen molar-refractivity contribution < 1.29 is 4.57 Å². The Kier molecular flexibility index (Phi) is 8.94. The van der Waals surface area contributed by atoms with Gasteiger partial charge in [0.05, 0.1) is 24.5 Å². The summed E-state index contributed by atoms with van der Waals surface area (Å²) in [5.41, 5.74) is 5.03. The van der Waals surface area contributed by atoms with Crippen LogP contribution >= 0.6 is 0 Å². The Hall–Kier alpha value is -3.27. The second-order valence-electron chi connectivity index (χ2n) is 7.78. The Morgan fingerprint density at radius 3 is 2.39 bits per heavy atom. The minimum Gasteiger partial charge on any atom is -0.340 e. The van der Waals surface area contributed by atoms with Gasteiger partial charge in [-0.25, -0.2) is 9.13 Å². The SMILES string of the molecule is CC.CCCC[n+]1c(/C=C/C=C/C=C2/Nc3ccccc3N2CC)n(CC)c2ccccc21. The van der Waals surface area contributed by atoms with E-state index in [9.17, 15) is 0 Å². The minimum atomic E-state index is 0.938. The van der Waals surface area contributed by atoms with Crippen LogP contribution in [0.4, 0.5) is 11.4 Å². The average Bonchev–Trinajstić information content (AvgIpc) is 3.38. The van der Waals surface area contributed by atoms with Crippen molar-refractivity contribution in [3.05, 3.63) is 84.5 Å². The van der Waals surface area contributed by atoms with E-state index in [0.29, 0.717) is 0 Å². The molecule has 0 bridgehead atoms. The van der Waals surface area contributed by atoms with Crippen LogP contribution in [0.1, 0.15) is 53.3 Å². The van der Waals surface area contributed by atoms with Gasteiger partial charge in [0.1, 0.15) is 5.82 Å². The number of rotatable bonds is 8. The normalized spacial score (nSPS) is 14.2. The molecule has 33 heavy (non-hydrogen) atoms. The number of hydrogen-bond acceptors (Lipinski definition) is 2. The van der Waals surface area contributed by atoms with Crippen molar-refractivity contribution in [1.82, 2.24) is 4.57 Å². The zero-order valence-corrected chi connectivity index (χ0v) is 20.9. The number of aromatic nitrogens is 2. The molecule has 1 aromatic heterocycles. The van der Waals surface area contributed by atoms with Crippen LogP contribution in [0.25, 0.3) is 17.1 Å². The Balaban J connectivity index is 0.00000149. The van der Waals surface area contributed by atoms with Crippen LogP contribution < -0.4 is 14.8 Å². The van der Waals surface area contributed by atoms with Gasteiger partial charge in [0.2, 0.25) is 0 Å². The number of hydrogen-bond donors (Lipinski definition) is 1. The number of anilines is 2. The fourth-order valence-corrected chi connectivity index (χ4v) is 4.35. The van der Waals surface area contributed by atoms with Crippen LogP contribution in [-0.4, -0.2) is 11.1 Å². The predicted octanol–water partition coefficient (Wildman–Crippen LogP) is 7.14. The topological polar surface area (TPSA) is 24.1 Å². The van der Waals surface area contributed by atoms with Gasteiger partial charge in [-0.3, -0.25) is 0 Å². The van der Waals surface area contributed by atoms with Crippen LogP contribution in [0.15, 0.2) is 78.7 Å². The number of fused-ring (bicyclic) bond motifs is 2. The second kappa shape index (κ2) is 12.1. The highest BCUT2D eigenvalue weighted by Gasteiger charge is 2.22. The van der Waals surface area contributed by atoms with Crippen LogP contribution in [0.3, 0.4) is 0 Å². The monoisotopic (exact) mass is 443 g/mol. The van der Waals surface area contributed by atoms with Gasteiger partial charge in [-0.1, -0.05) is 69.7 Å². The van der Waals surface area contributed by atoms with Crippen molar-refractivity contribution in [3.8, 4) is 0 Å². The summed E-state index contributed by atoms with van der Waals surface area (Å²) in [7, 11) is 0. The number of para-hydroxylation sites is 4. The number of unbranched alkanes of at least 4 members (excludes halogenated alkanes) is 1. The summed E-state index contributed by atoms with van der Waals surface area (Å²) in [6.07, 6.45) is 13.1. The molecule has 0 saturated heterocycles. The van der Waals surface area contributed by atoms with Gasteiger partial charge in [-0.2, -0.15) is 0 Å². The van der Waals surface area contributed by atoms with Gasteiger partial charge >= 0.3 is 0 Å². The summed E-state index contributed by atoms with van der Waals surface area (Å²) in [5.74, 6) is 2.38. The van der Waals surface area contributed by atoms with E-state index in [0.717, 1.165) is 25.5 Å². The van der Waals surface area contributed by atoms with Crippen molar-refractivity contribution in [2.75, 3.05) is 16.8 Å². The fraction of sp³-hybridized carbons (Fsp3) is 0.345. The van der Waals surface area contributed by atoms with E-state index in [1.165, 1.54) is 41.1 Å². The van der Waals surface area contributed by atoms with E-state index in [2.05, 4.69) is 119 Å². The predicted molar refractivity (Wildman–Crippen MR) is 143 cm³/mol. The van der Waals surface area contributed by atoms with Gasteiger partial charge < -0.3 is 10.2 Å². The second-order valence-corrected chi connectivity index (χ2v) is 7.78. The van der Waals surface area contributed by atoms with Crippen molar-refractivity contribution in [2.45, 2.75) is 60.5 Å². The summed E-state index contributed by atoms with van der Waals surface area (Å²) in [4.78, 5) is 2.30. The minimum absolute atomic E-state index is 0.938. The van der Waals surface area contributed by atoms with E-state index in [4.69, 9.17) is 0 Å². The highest BCUT2D eigenvalue weighted by Crippen LogP contribution is 2.35. The average molecular weight is 444 g/mol. The summed E-state index contributed by atoms with van der Waals surface area (Å²) < 4.78 is 4.86. The van der Waals surface area contributed by atoms with Crippen molar-refractivity contribution in [2.24, 2.45) is 0 Å². The molecular formula is C29H39N4+. The maximum Gasteiger partial charge on any atom is 0.282 e. The Morgan fingerprint density at radius 2 is 1.64 bits per heavy atom. The first-order valence-electron chi connectivity index (χ1n) is 12.5. The van der Waals surface area contributed by atoms with Gasteiger partial charge in [-0.05, 0) is 50.6 Å². The first-order valence-corrected chi connectivity index (χ1v) is 12.5. The standard InChI is InChI=1S/C27H32N4.C2H6/c1-4-7-21-31-25-18-14-13-17-24(25)30(6-3)27(31)20-10-8-9-19-26-28-22-15-11-12-16-23(22)29(26)5-2;1-2/h8-20H,4-7,21H2,1-3H3;1-2H3/p+1. The molecule has 0 radical (unpaired) electrons. The van der Waals surface area contributed by atoms with E-state index in [1.807, 2.05) is 13.8 Å². The lowest BCUT2D eigenvalue weighted by Crippen LogP contribution is -2.36. The fourth-order valence-electron chi connectivity index (χ4n) is 4.35. The molecule has 4 heteroatoms. The molecule has 0 saturated carbocycles. The molecule has 1 aliphatic heterocycles. The number of aryl methyl sites for hydroxylation is 2. The molecule has 0 unspecified atom stereocenters. The molecular weight excluding hydrogens is 404 g/mol. The highest BCUT2D eigenvalue weighted by atomic mass is 15.3. The molecule has 2 heterocycles.